The van der Waals surface area contributed by atoms with Crippen LogP contribution in [0, 0.1) is 17.1 Å². The maximum absolute atomic E-state index is 13.1. The largest absolute Gasteiger partial charge is 0.438 e. The summed E-state index contributed by atoms with van der Waals surface area (Å²) >= 11 is 0. The molecule has 0 atom stereocenters. The molecule has 134 valence electrons. The van der Waals surface area contributed by atoms with E-state index >= 15 is 0 Å². The zero-order valence-electron chi connectivity index (χ0n) is 14.1. The molecule has 1 N–H and O–H groups in total. The number of carbonyl (C=O) groups is 1. The molecule has 7 nitrogen and oxygen atoms in total. The van der Waals surface area contributed by atoms with E-state index in [1.165, 1.54) is 41.9 Å². The summed E-state index contributed by atoms with van der Waals surface area (Å²) in [5.41, 5.74) is -0.566. The van der Waals surface area contributed by atoms with Gasteiger partial charge in [0.2, 0.25) is 5.88 Å². The summed E-state index contributed by atoms with van der Waals surface area (Å²) in [6.45, 7) is 0. The first kappa shape index (κ1) is 17.8. The molecule has 0 saturated carbocycles. The van der Waals surface area contributed by atoms with Crippen molar-refractivity contribution < 1.29 is 13.9 Å². The van der Waals surface area contributed by atoms with Crippen molar-refractivity contribution in [2.45, 2.75) is 0 Å². The molecular formula is C19H13FN4O3. The van der Waals surface area contributed by atoms with Gasteiger partial charge in [-0.1, -0.05) is 6.07 Å². The molecule has 1 amide bonds. The van der Waals surface area contributed by atoms with Gasteiger partial charge in [-0.3, -0.25) is 14.0 Å². The van der Waals surface area contributed by atoms with Gasteiger partial charge >= 0.3 is 0 Å². The molecule has 2 aromatic heterocycles. The van der Waals surface area contributed by atoms with Crippen LogP contribution in [0.3, 0.4) is 0 Å². The van der Waals surface area contributed by atoms with E-state index in [0.29, 0.717) is 5.65 Å². The van der Waals surface area contributed by atoms with Crippen molar-refractivity contribution in [3.8, 4) is 17.7 Å². The molecule has 0 unspecified atom stereocenters. The topological polar surface area (TPSA) is 96.5 Å². The first-order valence-corrected chi connectivity index (χ1v) is 7.82. The fraction of sp³-hybridized carbons (Fsp3) is 0.0526. The number of amides is 1. The van der Waals surface area contributed by atoms with E-state index in [1.807, 2.05) is 0 Å². The summed E-state index contributed by atoms with van der Waals surface area (Å²) in [6.07, 6.45) is 2.63. The van der Waals surface area contributed by atoms with Gasteiger partial charge in [-0.05, 0) is 42.5 Å². The number of nitrogens with one attached hydrogen (secondary N) is 1. The number of pyridine rings is 1. The molecule has 0 aliphatic carbocycles. The predicted octanol–water partition coefficient (Wildman–Crippen LogP) is 2.28. The third-order valence-electron chi connectivity index (χ3n) is 3.64. The van der Waals surface area contributed by atoms with Gasteiger partial charge in [0.15, 0.2) is 0 Å². The highest BCUT2D eigenvalue weighted by Gasteiger charge is 2.16. The van der Waals surface area contributed by atoms with Crippen LogP contribution in [0.25, 0.3) is 11.7 Å². The number of halogens is 1. The number of nitriles is 1. The van der Waals surface area contributed by atoms with Gasteiger partial charge in [0.25, 0.3) is 11.5 Å². The summed E-state index contributed by atoms with van der Waals surface area (Å²) in [6, 6.07) is 11.8. The van der Waals surface area contributed by atoms with E-state index in [4.69, 9.17) is 4.74 Å². The number of likely N-dealkylation sites (N-methyl/N-ethyl adjacent to an activating group) is 1. The van der Waals surface area contributed by atoms with Crippen LogP contribution in [0.15, 0.2) is 59.0 Å². The Morgan fingerprint density at radius 2 is 2.04 bits per heavy atom. The number of hydrogen-bond donors (Lipinski definition) is 1. The SMILES string of the molecule is CNC(=O)C(C#N)=Cc1c(Oc2ccc(F)cc2)nc2ccccn2c1=O. The van der Waals surface area contributed by atoms with Crippen LogP contribution in [-0.2, 0) is 4.79 Å². The first-order chi connectivity index (χ1) is 13.0. The predicted molar refractivity (Wildman–Crippen MR) is 95.6 cm³/mol. The summed E-state index contributed by atoms with van der Waals surface area (Å²) in [7, 11) is 1.37. The van der Waals surface area contributed by atoms with Crippen LogP contribution >= 0.6 is 0 Å². The molecule has 2 heterocycles. The van der Waals surface area contributed by atoms with Gasteiger partial charge in [-0.25, -0.2) is 4.39 Å². The lowest BCUT2D eigenvalue weighted by atomic mass is 10.1. The van der Waals surface area contributed by atoms with Crippen molar-refractivity contribution in [1.29, 1.82) is 5.26 Å². The van der Waals surface area contributed by atoms with Gasteiger partial charge < -0.3 is 10.1 Å². The number of benzene rings is 1. The smallest absolute Gasteiger partial charge is 0.269 e. The molecule has 1 aromatic carbocycles. The lowest BCUT2D eigenvalue weighted by Crippen LogP contribution is -2.22. The van der Waals surface area contributed by atoms with Gasteiger partial charge in [-0.15, -0.1) is 0 Å². The van der Waals surface area contributed by atoms with E-state index in [2.05, 4.69) is 10.3 Å². The van der Waals surface area contributed by atoms with Crippen LogP contribution < -0.4 is 15.6 Å². The second kappa shape index (κ2) is 7.49. The second-order valence-corrected chi connectivity index (χ2v) is 5.37. The van der Waals surface area contributed by atoms with E-state index < -0.39 is 17.3 Å². The fourth-order valence-electron chi connectivity index (χ4n) is 2.33. The fourth-order valence-corrected chi connectivity index (χ4v) is 2.33. The minimum atomic E-state index is -0.650. The van der Waals surface area contributed by atoms with E-state index in [1.54, 1.807) is 24.3 Å². The standard InChI is InChI=1S/C19H13FN4O3/c1-22-17(25)12(11-21)10-15-18(27-14-7-5-13(20)6-8-14)23-16-4-2-3-9-24(16)19(15)26/h2-10H,1H3,(H,22,25). The number of hydrogen-bond acceptors (Lipinski definition) is 5. The van der Waals surface area contributed by atoms with E-state index in [0.717, 1.165) is 6.08 Å². The summed E-state index contributed by atoms with van der Waals surface area (Å²) in [5.74, 6) is -0.950. The molecule has 0 bridgehead atoms. The Morgan fingerprint density at radius 1 is 1.30 bits per heavy atom. The van der Waals surface area contributed by atoms with Crippen LogP contribution in [0.5, 0.6) is 11.6 Å². The molecule has 0 spiro atoms. The quantitative estimate of drug-likeness (QED) is 0.566. The normalized spacial score (nSPS) is 11.1. The van der Waals surface area contributed by atoms with Crippen molar-refractivity contribution >= 4 is 17.6 Å². The Hall–Kier alpha value is -3.99. The van der Waals surface area contributed by atoms with Crippen molar-refractivity contribution in [3.05, 3.63) is 76.0 Å². The Bertz CT molecular complexity index is 1140. The average molecular weight is 364 g/mol. The average Bonchev–Trinajstić information content (AvgIpc) is 2.69. The van der Waals surface area contributed by atoms with Gasteiger partial charge in [0, 0.05) is 13.2 Å². The minimum absolute atomic E-state index is 0.0804. The van der Waals surface area contributed by atoms with Gasteiger partial charge in [0.1, 0.15) is 34.4 Å². The van der Waals surface area contributed by atoms with E-state index in [-0.39, 0.29) is 22.8 Å². The summed E-state index contributed by atoms with van der Waals surface area (Å²) in [5, 5.41) is 11.5. The maximum atomic E-state index is 13.1. The van der Waals surface area contributed by atoms with Gasteiger partial charge in [0.05, 0.1) is 0 Å². The minimum Gasteiger partial charge on any atom is -0.438 e. The van der Waals surface area contributed by atoms with Crippen molar-refractivity contribution in [1.82, 2.24) is 14.7 Å². The number of carbonyl (C=O) groups excluding carboxylic acids is 1. The number of aromatic nitrogens is 2. The Balaban J connectivity index is 2.22. The summed E-state index contributed by atoms with van der Waals surface area (Å²) in [4.78, 5) is 29.0. The molecule has 0 aliphatic rings. The molecule has 0 aliphatic heterocycles. The second-order valence-electron chi connectivity index (χ2n) is 5.37. The first-order valence-electron chi connectivity index (χ1n) is 7.82. The van der Waals surface area contributed by atoms with Crippen molar-refractivity contribution in [2.24, 2.45) is 0 Å². The molecule has 3 rings (SSSR count). The van der Waals surface area contributed by atoms with Crippen molar-refractivity contribution in [2.75, 3.05) is 7.05 Å². The van der Waals surface area contributed by atoms with E-state index in [9.17, 15) is 19.2 Å². The van der Waals surface area contributed by atoms with Crippen molar-refractivity contribution in [3.63, 3.8) is 0 Å². The number of nitrogens with zero attached hydrogens (tertiary/aromatic N) is 3. The molecule has 27 heavy (non-hydrogen) atoms. The highest BCUT2D eigenvalue weighted by molar-refractivity contribution is 6.01. The third-order valence-corrected chi connectivity index (χ3v) is 3.64. The zero-order chi connectivity index (χ0) is 19.4. The number of ether oxygens (including phenoxy) is 1. The molecular weight excluding hydrogens is 351 g/mol. The zero-order valence-corrected chi connectivity index (χ0v) is 14.1. The Kier molecular flexibility index (Phi) is 4.95. The monoisotopic (exact) mass is 364 g/mol. The lowest BCUT2D eigenvalue weighted by Gasteiger charge is -2.10. The maximum Gasteiger partial charge on any atom is 0.269 e. The van der Waals surface area contributed by atoms with Crippen LogP contribution in [0.4, 0.5) is 4.39 Å². The molecule has 8 heteroatoms. The van der Waals surface area contributed by atoms with Gasteiger partial charge in [-0.2, -0.15) is 10.2 Å². The Labute approximate surface area is 153 Å². The number of rotatable bonds is 4. The molecule has 0 fully saturated rings. The lowest BCUT2D eigenvalue weighted by molar-refractivity contribution is -0.116. The Morgan fingerprint density at radius 3 is 2.70 bits per heavy atom. The van der Waals surface area contributed by atoms with Crippen LogP contribution in [0.1, 0.15) is 5.56 Å². The molecule has 0 saturated heterocycles. The highest BCUT2D eigenvalue weighted by atomic mass is 19.1. The molecule has 3 aromatic rings. The summed E-state index contributed by atoms with van der Waals surface area (Å²) < 4.78 is 20.0. The molecule has 0 radical (unpaired) electrons. The van der Waals surface area contributed by atoms with Crippen LogP contribution in [-0.4, -0.2) is 22.3 Å². The highest BCUT2D eigenvalue weighted by Crippen LogP contribution is 2.24. The number of fused-ring (bicyclic) bond motifs is 1. The third kappa shape index (κ3) is 3.67. The van der Waals surface area contributed by atoms with Crippen LogP contribution in [0.2, 0.25) is 0 Å².